The molecule has 0 aromatic rings. The number of carbonyl (C=O) groups is 3. The topological polar surface area (TPSA) is 78.9 Å². The van der Waals surface area contributed by atoms with Gasteiger partial charge in [0, 0.05) is 11.8 Å². The molecule has 0 N–H and O–H groups in total. The van der Waals surface area contributed by atoms with E-state index in [1.165, 1.54) is 6.42 Å². The Hall–Kier alpha value is -1.92. The van der Waals surface area contributed by atoms with Crippen LogP contribution in [0.1, 0.15) is 45.4 Å². The fourth-order valence-electron chi connectivity index (χ4n) is 8.23. The lowest BCUT2D eigenvalue weighted by Gasteiger charge is -2.59. The number of carbonyl (C=O) groups excluding carboxylic acids is 3. The van der Waals surface area contributed by atoms with Gasteiger partial charge < -0.3 is 14.2 Å². The van der Waals surface area contributed by atoms with Gasteiger partial charge in [0.25, 0.3) is 0 Å². The molecule has 1 heterocycles. The third-order valence-corrected chi connectivity index (χ3v) is 9.36. The van der Waals surface area contributed by atoms with Crippen LogP contribution >= 0.6 is 0 Å². The number of halogens is 1. The normalized spacial score (nSPS) is 51.7. The zero-order valence-corrected chi connectivity index (χ0v) is 17.1. The summed E-state index contributed by atoms with van der Waals surface area (Å²) < 4.78 is 30.2. The predicted molar refractivity (Wildman–Crippen MR) is 100 cm³/mol. The molecule has 7 heteroatoms. The average Bonchev–Trinajstić information content (AvgIpc) is 3.29. The van der Waals surface area contributed by atoms with Gasteiger partial charge in [-0.2, -0.15) is 4.39 Å². The molecule has 7 aliphatic rings. The van der Waals surface area contributed by atoms with Crippen molar-refractivity contribution in [3.63, 3.8) is 0 Å². The number of hydrogen-bond donors (Lipinski definition) is 0. The number of rotatable bonds is 4. The van der Waals surface area contributed by atoms with Gasteiger partial charge in [0.05, 0.1) is 11.8 Å². The largest absolute Gasteiger partial charge is 0.459 e. The Labute approximate surface area is 174 Å². The Morgan fingerprint density at radius 2 is 1.70 bits per heavy atom. The van der Waals surface area contributed by atoms with Crippen LogP contribution in [0.3, 0.4) is 0 Å². The molecular weight excluding hydrogens is 391 g/mol. The third kappa shape index (κ3) is 2.38. The molecule has 1 saturated heterocycles. The first-order valence-electron chi connectivity index (χ1n) is 11.2. The van der Waals surface area contributed by atoms with E-state index < -0.39 is 47.4 Å². The van der Waals surface area contributed by atoms with E-state index in [9.17, 15) is 18.8 Å². The first kappa shape index (κ1) is 18.8. The molecule has 6 atom stereocenters. The first-order valence-corrected chi connectivity index (χ1v) is 11.2. The van der Waals surface area contributed by atoms with Crippen molar-refractivity contribution < 1.29 is 33.0 Å². The van der Waals surface area contributed by atoms with Crippen molar-refractivity contribution in [3.05, 3.63) is 12.4 Å². The lowest BCUT2D eigenvalue weighted by atomic mass is 9.50. The van der Waals surface area contributed by atoms with Crippen LogP contribution in [0, 0.1) is 47.3 Å². The van der Waals surface area contributed by atoms with E-state index in [1.54, 1.807) is 0 Å². The fraction of sp³-hybridized carbons (Fsp3) is 0.783. The van der Waals surface area contributed by atoms with Gasteiger partial charge in [-0.25, -0.2) is 4.79 Å². The van der Waals surface area contributed by atoms with Crippen LogP contribution < -0.4 is 0 Å². The van der Waals surface area contributed by atoms with Crippen LogP contribution in [0.2, 0.25) is 0 Å². The molecule has 30 heavy (non-hydrogen) atoms. The van der Waals surface area contributed by atoms with Crippen LogP contribution in [0.5, 0.6) is 0 Å². The SMILES string of the molecule is C=C(F)C(=O)OC1C2CC3C1OC(=O)C3C2C(=O)OC1(C)C2CC3CC(C2)CC1C3. The smallest absolute Gasteiger partial charge is 0.366 e. The van der Waals surface area contributed by atoms with Gasteiger partial charge in [0.1, 0.15) is 17.8 Å². The van der Waals surface area contributed by atoms with Crippen molar-refractivity contribution in [2.45, 2.75) is 63.3 Å². The molecule has 6 bridgehead atoms. The number of ether oxygens (including phenoxy) is 3. The molecule has 7 rings (SSSR count). The molecule has 6 unspecified atom stereocenters. The maximum Gasteiger partial charge on any atom is 0.366 e. The molecule has 0 aromatic heterocycles. The van der Waals surface area contributed by atoms with Crippen LogP contribution in [0.25, 0.3) is 0 Å². The van der Waals surface area contributed by atoms with Gasteiger partial charge in [0.2, 0.25) is 5.83 Å². The highest BCUT2D eigenvalue weighted by molar-refractivity contribution is 5.88. The Morgan fingerprint density at radius 1 is 1.07 bits per heavy atom. The van der Waals surface area contributed by atoms with Crippen molar-refractivity contribution in [1.29, 1.82) is 0 Å². The Kier molecular flexibility index (Phi) is 3.81. The average molecular weight is 418 g/mol. The highest BCUT2D eigenvalue weighted by Crippen LogP contribution is 2.62. The van der Waals surface area contributed by atoms with Crippen molar-refractivity contribution in [1.82, 2.24) is 0 Å². The third-order valence-electron chi connectivity index (χ3n) is 9.36. The minimum atomic E-state index is -1.20. The van der Waals surface area contributed by atoms with E-state index in [4.69, 9.17) is 14.2 Å². The van der Waals surface area contributed by atoms with Gasteiger partial charge in [0.15, 0.2) is 0 Å². The highest BCUT2D eigenvalue weighted by atomic mass is 19.1. The van der Waals surface area contributed by atoms with Crippen LogP contribution in [-0.2, 0) is 28.6 Å². The van der Waals surface area contributed by atoms with E-state index in [2.05, 4.69) is 13.5 Å². The minimum Gasteiger partial charge on any atom is -0.459 e. The summed E-state index contributed by atoms with van der Waals surface area (Å²) in [4.78, 5) is 37.8. The molecular formula is C23H27FO6. The molecule has 6 saturated carbocycles. The van der Waals surface area contributed by atoms with Crippen LogP contribution in [-0.4, -0.2) is 35.7 Å². The summed E-state index contributed by atoms with van der Waals surface area (Å²) in [7, 11) is 0. The zero-order chi connectivity index (χ0) is 20.9. The number of fused-ring (bicyclic) bond motifs is 1. The van der Waals surface area contributed by atoms with Crippen molar-refractivity contribution in [3.8, 4) is 0 Å². The second kappa shape index (κ2) is 6.07. The first-order chi connectivity index (χ1) is 14.3. The van der Waals surface area contributed by atoms with Gasteiger partial charge in [-0.3, -0.25) is 9.59 Å². The Bertz CT molecular complexity index is 823. The number of esters is 3. The summed E-state index contributed by atoms with van der Waals surface area (Å²) >= 11 is 0. The molecule has 0 amide bonds. The number of hydrogen-bond acceptors (Lipinski definition) is 6. The molecule has 0 radical (unpaired) electrons. The van der Waals surface area contributed by atoms with E-state index in [0.717, 1.165) is 37.5 Å². The summed E-state index contributed by atoms with van der Waals surface area (Å²) in [6, 6.07) is 0. The highest BCUT2D eigenvalue weighted by Gasteiger charge is 2.71. The summed E-state index contributed by atoms with van der Waals surface area (Å²) in [5.41, 5.74) is -0.492. The van der Waals surface area contributed by atoms with E-state index >= 15 is 0 Å². The molecule has 162 valence electrons. The molecule has 6 nitrogen and oxygen atoms in total. The minimum absolute atomic E-state index is 0.183. The Balaban J connectivity index is 1.25. The molecule has 6 aliphatic carbocycles. The second-order valence-corrected chi connectivity index (χ2v) is 10.7. The quantitative estimate of drug-likeness (QED) is 0.397. The molecule has 0 aromatic carbocycles. The zero-order valence-electron chi connectivity index (χ0n) is 17.1. The lowest BCUT2D eigenvalue weighted by Crippen LogP contribution is -2.59. The molecule has 0 spiro atoms. The van der Waals surface area contributed by atoms with Gasteiger partial charge in [-0.15, -0.1) is 0 Å². The van der Waals surface area contributed by atoms with Crippen molar-refractivity contribution >= 4 is 17.9 Å². The summed E-state index contributed by atoms with van der Waals surface area (Å²) in [6.07, 6.45) is 4.88. The fourth-order valence-corrected chi connectivity index (χ4v) is 8.23. The van der Waals surface area contributed by atoms with Crippen LogP contribution in [0.4, 0.5) is 4.39 Å². The van der Waals surface area contributed by atoms with Crippen LogP contribution in [0.15, 0.2) is 12.4 Å². The summed E-state index contributed by atoms with van der Waals surface area (Å²) in [5.74, 6) is -2.70. The second-order valence-electron chi connectivity index (χ2n) is 10.7. The maximum atomic E-state index is 13.5. The van der Waals surface area contributed by atoms with E-state index in [-0.39, 0.29) is 17.8 Å². The van der Waals surface area contributed by atoms with Crippen molar-refractivity contribution in [2.24, 2.45) is 47.3 Å². The molecule has 1 aliphatic heterocycles. The van der Waals surface area contributed by atoms with E-state index in [0.29, 0.717) is 18.3 Å². The lowest BCUT2D eigenvalue weighted by molar-refractivity contribution is -0.211. The van der Waals surface area contributed by atoms with Crippen molar-refractivity contribution in [2.75, 3.05) is 0 Å². The standard InChI is InChI=1S/C23H27FO6/c1-9(24)20(25)28-18-15-8-14-16(21(26)29-19(14)18)17(15)22(27)30-23(2)12-4-10-3-11(6-12)7-13(23)5-10/h10-19H,1,3-8H2,2H3. The van der Waals surface area contributed by atoms with Gasteiger partial charge in [-0.1, -0.05) is 6.58 Å². The molecule has 7 fully saturated rings. The monoisotopic (exact) mass is 418 g/mol. The predicted octanol–water partition coefficient (Wildman–Crippen LogP) is 2.95. The maximum absolute atomic E-state index is 13.5. The Morgan fingerprint density at radius 3 is 2.30 bits per heavy atom. The van der Waals surface area contributed by atoms with Gasteiger partial charge in [-0.05, 0) is 69.1 Å². The summed E-state index contributed by atoms with van der Waals surface area (Å²) in [6.45, 7) is 5.05. The van der Waals surface area contributed by atoms with Gasteiger partial charge >= 0.3 is 17.9 Å². The summed E-state index contributed by atoms with van der Waals surface area (Å²) in [5, 5.41) is 0. The van der Waals surface area contributed by atoms with E-state index in [1.807, 2.05) is 0 Å².